The molecule has 0 bridgehead atoms. The first-order valence-electron chi connectivity index (χ1n) is 2.92. The minimum atomic E-state index is -0.734. The minimum absolute atomic E-state index is 0.181. The number of carbonyl (C=O) groups is 1. The van der Waals surface area contributed by atoms with Gasteiger partial charge in [0.1, 0.15) is 5.78 Å². The SMILES string of the molecule is CC(=O)CCCS(C)=O. The molecular weight excluding hydrogens is 136 g/mol. The highest BCUT2D eigenvalue weighted by molar-refractivity contribution is 7.84. The standard InChI is InChI=1S/C6H12O2S/c1-6(7)4-3-5-9(2)8/h3-5H2,1-2H3. The highest BCUT2D eigenvalue weighted by atomic mass is 32.2. The van der Waals surface area contributed by atoms with Crippen LogP contribution in [-0.4, -0.2) is 22.0 Å². The largest absolute Gasteiger partial charge is 0.300 e. The van der Waals surface area contributed by atoms with Crippen LogP contribution in [0.15, 0.2) is 0 Å². The third-order valence-corrected chi connectivity index (χ3v) is 1.82. The molecule has 0 amide bonds. The lowest BCUT2D eigenvalue weighted by molar-refractivity contribution is -0.117. The zero-order valence-electron chi connectivity index (χ0n) is 5.85. The lowest BCUT2D eigenvalue weighted by Crippen LogP contribution is -1.97. The van der Waals surface area contributed by atoms with Gasteiger partial charge in [0.05, 0.1) is 0 Å². The van der Waals surface area contributed by atoms with Crippen LogP contribution in [0.1, 0.15) is 19.8 Å². The van der Waals surface area contributed by atoms with E-state index in [1.807, 2.05) is 0 Å². The summed E-state index contributed by atoms with van der Waals surface area (Å²) < 4.78 is 10.4. The summed E-state index contributed by atoms with van der Waals surface area (Å²) in [6.07, 6.45) is 2.98. The number of carbonyl (C=O) groups excluding carboxylic acids is 1. The average Bonchev–Trinajstić information content (AvgIpc) is 1.63. The van der Waals surface area contributed by atoms with Crippen molar-refractivity contribution >= 4 is 16.6 Å². The molecular formula is C6H12O2S. The number of Topliss-reactive ketones (excluding diaryl/α,β-unsaturated/α-hetero) is 1. The molecule has 9 heavy (non-hydrogen) atoms. The van der Waals surface area contributed by atoms with Gasteiger partial charge in [-0.25, -0.2) is 0 Å². The summed E-state index contributed by atoms with van der Waals surface area (Å²) in [4.78, 5) is 10.3. The molecule has 0 radical (unpaired) electrons. The summed E-state index contributed by atoms with van der Waals surface area (Å²) in [6.45, 7) is 1.55. The predicted molar refractivity (Wildman–Crippen MR) is 38.8 cm³/mol. The van der Waals surface area contributed by atoms with E-state index in [0.717, 1.165) is 6.42 Å². The first-order valence-corrected chi connectivity index (χ1v) is 4.65. The Kier molecular flexibility index (Phi) is 4.58. The predicted octanol–water partition coefficient (Wildman–Crippen LogP) is 0.734. The Hall–Kier alpha value is -0.180. The van der Waals surface area contributed by atoms with E-state index in [1.54, 1.807) is 13.2 Å². The van der Waals surface area contributed by atoms with Crippen molar-refractivity contribution in [3.8, 4) is 0 Å². The van der Waals surface area contributed by atoms with Crippen LogP contribution in [0.3, 0.4) is 0 Å². The molecule has 0 rings (SSSR count). The molecule has 3 heteroatoms. The van der Waals surface area contributed by atoms with Crippen molar-refractivity contribution in [3.05, 3.63) is 0 Å². The van der Waals surface area contributed by atoms with Crippen LogP contribution < -0.4 is 0 Å². The Morgan fingerprint density at radius 2 is 2.11 bits per heavy atom. The van der Waals surface area contributed by atoms with E-state index in [0.29, 0.717) is 12.2 Å². The Balaban J connectivity index is 3.10. The molecule has 0 saturated carbocycles. The fraction of sp³-hybridized carbons (Fsp3) is 0.833. The number of hydrogen-bond acceptors (Lipinski definition) is 2. The van der Waals surface area contributed by atoms with Gasteiger partial charge in [-0.1, -0.05) is 0 Å². The molecule has 0 aromatic heterocycles. The molecule has 54 valence electrons. The zero-order valence-corrected chi connectivity index (χ0v) is 6.66. The first kappa shape index (κ1) is 8.82. The summed E-state index contributed by atoms with van der Waals surface area (Å²) in [5.41, 5.74) is 0. The zero-order chi connectivity index (χ0) is 7.28. The van der Waals surface area contributed by atoms with Crippen molar-refractivity contribution in [1.29, 1.82) is 0 Å². The van der Waals surface area contributed by atoms with E-state index in [2.05, 4.69) is 0 Å². The molecule has 0 aliphatic rings. The molecule has 1 atom stereocenters. The molecule has 2 nitrogen and oxygen atoms in total. The van der Waals surface area contributed by atoms with E-state index in [9.17, 15) is 9.00 Å². The van der Waals surface area contributed by atoms with Crippen LogP contribution in [0.25, 0.3) is 0 Å². The highest BCUT2D eigenvalue weighted by Crippen LogP contribution is 1.91. The molecule has 0 saturated heterocycles. The molecule has 1 unspecified atom stereocenters. The lowest BCUT2D eigenvalue weighted by atomic mass is 10.3. The monoisotopic (exact) mass is 148 g/mol. The summed E-state index contributed by atoms with van der Waals surface area (Å²) >= 11 is 0. The second-order valence-electron chi connectivity index (χ2n) is 2.08. The highest BCUT2D eigenvalue weighted by Gasteiger charge is 1.94. The number of hydrogen-bond donors (Lipinski definition) is 0. The van der Waals surface area contributed by atoms with Gasteiger partial charge in [0.15, 0.2) is 0 Å². The number of rotatable bonds is 4. The third kappa shape index (κ3) is 7.82. The average molecular weight is 148 g/mol. The van der Waals surface area contributed by atoms with Crippen molar-refractivity contribution in [3.63, 3.8) is 0 Å². The van der Waals surface area contributed by atoms with E-state index < -0.39 is 10.8 Å². The summed E-state index contributed by atoms with van der Waals surface area (Å²) in [5.74, 6) is 0.833. The van der Waals surface area contributed by atoms with E-state index in [4.69, 9.17) is 0 Å². The van der Waals surface area contributed by atoms with Crippen LogP contribution in [-0.2, 0) is 15.6 Å². The second-order valence-corrected chi connectivity index (χ2v) is 3.64. The van der Waals surface area contributed by atoms with Crippen molar-refractivity contribution in [1.82, 2.24) is 0 Å². The molecule has 0 spiro atoms. The van der Waals surface area contributed by atoms with Crippen LogP contribution in [0.2, 0.25) is 0 Å². The fourth-order valence-electron chi connectivity index (χ4n) is 0.524. The summed E-state index contributed by atoms with van der Waals surface area (Å²) in [6, 6.07) is 0. The molecule has 0 aliphatic heterocycles. The first-order chi connectivity index (χ1) is 4.13. The van der Waals surface area contributed by atoms with Gasteiger partial charge in [-0.2, -0.15) is 0 Å². The van der Waals surface area contributed by atoms with Crippen LogP contribution in [0.5, 0.6) is 0 Å². The second kappa shape index (κ2) is 4.68. The molecule has 0 N–H and O–H groups in total. The topological polar surface area (TPSA) is 34.1 Å². The van der Waals surface area contributed by atoms with E-state index in [-0.39, 0.29) is 5.78 Å². The van der Waals surface area contributed by atoms with Gasteiger partial charge >= 0.3 is 0 Å². The van der Waals surface area contributed by atoms with Gasteiger partial charge in [0.25, 0.3) is 0 Å². The van der Waals surface area contributed by atoms with Gasteiger partial charge in [-0.3, -0.25) is 4.21 Å². The molecule has 0 fully saturated rings. The van der Waals surface area contributed by atoms with Crippen molar-refractivity contribution in [2.24, 2.45) is 0 Å². The summed E-state index contributed by atoms with van der Waals surface area (Å²) in [5, 5.41) is 0. The Morgan fingerprint density at radius 1 is 1.56 bits per heavy atom. The minimum Gasteiger partial charge on any atom is -0.300 e. The number of ketones is 1. The van der Waals surface area contributed by atoms with Crippen LogP contribution in [0.4, 0.5) is 0 Å². The molecule has 0 heterocycles. The smallest absolute Gasteiger partial charge is 0.129 e. The normalized spacial score (nSPS) is 13.1. The maximum absolute atomic E-state index is 10.4. The lowest BCUT2D eigenvalue weighted by Gasteiger charge is -1.91. The van der Waals surface area contributed by atoms with Gasteiger partial charge in [0.2, 0.25) is 0 Å². The Morgan fingerprint density at radius 3 is 2.44 bits per heavy atom. The van der Waals surface area contributed by atoms with Gasteiger partial charge in [-0.15, -0.1) is 0 Å². The summed E-state index contributed by atoms with van der Waals surface area (Å²) in [7, 11) is -0.734. The van der Waals surface area contributed by atoms with Gasteiger partial charge in [0, 0.05) is 29.2 Å². The quantitative estimate of drug-likeness (QED) is 0.589. The van der Waals surface area contributed by atoms with E-state index in [1.165, 1.54) is 0 Å². The molecule has 0 aromatic carbocycles. The van der Waals surface area contributed by atoms with Crippen molar-refractivity contribution in [2.75, 3.05) is 12.0 Å². The van der Waals surface area contributed by atoms with Crippen LogP contribution >= 0.6 is 0 Å². The third-order valence-electron chi connectivity index (χ3n) is 0.961. The maximum atomic E-state index is 10.4. The molecule has 0 aliphatic carbocycles. The molecule has 0 aromatic rings. The maximum Gasteiger partial charge on any atom is 0.129 e. The van der Waals surface area contributed by atoms with Gasteiger partial charge in [-0.05, 0) is 13.3 Å². The fourth-order valence-corrected chi connectivity index (χ4v) is 1.08. The Bertz CT molecular complexity index is 106. The van der Waals surface area contributed by atoms with Gasteiger partial charge < -0.3 is 4.79 Å². The Labute approximate surface area is 58.1 Å². The van der Waals surface area contributed by atoms with Crippen molar-refractivity contribution in [2.45, 2.75) is 19.8 Å². The van der Waals surface area contributed by atoms with E-state index >= 15 is 0 Å². The van der Waals surface area contributed by atoms with Crippen LogP contribution in [0, 0.1) is 0 Å². The van der Waals surface area contributed by atoms with Crippen molar-refractivity contribution < 1.29 is 9.00 Å².